The Bertz CT molecular complexity index is 144. The minimum atomic E-state index is -0.691. The molecule has 1 aliphatic rings. The molecule has 6 nitrogen and oxygen atoms in total. The second kappa shape index (κ2) is 4.13. The molecule has 0 aromatic rings. The molecule has 3 atom stereocenters. The lowest BCUT2D eigenvalue weighted by Gasteiger charge is -2.34. The lowest BCUT2D eigenvalue weighted by molar-refractivity contribution is -0.125. The Hall–Kier alpha value is -0.240. The third kappa shape index (κ3) is 2.13. The standard InChI is InChI=1S/C6H15N3O3/c7-9(8)4-1-5(11)6(2-10)12-3-4/h4-6,10-11H,1-3,7-8H2/t4-,5+,6-/m1/s1. The molecule has 1 rings (SSSR count). The van der Waals surface area contributed by atoms with Crippen LogP contribution in [0.3, 0.4) is 0 Å². The van der Waals surface area contributed by atoms with E-state index in [1.165, 1.54) is 0 Å². The lowest BCUT2D eigenvalue weighted by atomic mass is 10.0. The highest BCUT2D eigenvalue weighted by Gasteiger charge is 2.30. The van der Waals surface area contributed by atoms with Gasteiger partial charge in [0, 0.05) is 0 Å². The Kier molecular flexibility index (Phi) is 3.39. The molecule has 0 aromatic heterocycles. The van der Waals surface area contributed by atoms with Crippen LogP contribution in [0.2, 0.25) is 0 Å². The lowest BCUT2D eigenvalue weighted by Crippen LogP contribution is -2.55. The number of aliphatic hydroxyl groups excluding tert-OH is 2. The third-order valence-electron chi connectivity index (χ3n) is 2.05. The van der Waals surface area contributed by atoms with E-state index in [-0.39, 0.29) is 12.6 Å². The van der Waals surface area contributed by atoms with Gasteiger partial charge in [-0.2, -0.15) is 5.12 Å². The number of hydrazine groups is 2. The van der Waals surface area contributed by atoms with Crippen LogP contribution in [0.15, 0.2) is 0 Å². The largest absolute Gasteiger partial charge is 0.394 e. The van der Waals surface area contributed by atoms with E-state index in [0.29, 0.717) is 13.0 Å². The molecule has 0 unspecified atom stereocenters. The number of hydrogen-bond acceptors (Lipinski definition) is 6. The highest BCUT2D eigenvalue weighted by atomic mass is 16.5. The Morgan fingerprint density at radius 3 is 2.58 bits per heavy atom. The molecule has 0 aromatic carbocycles. The van der Waals surface area contributed by atoms with Crippen LogP contribution in [0.25, 0.3) is 0 Å². The Balaban J connectivity index is 2.40. The number of nitrogens with two attached hydrogens (primary N) is 2. The van der Waals surface area contributed by atoms with E-state index in [9.17, 15) is 5.11 Å². The third-order valence-corrected chi connectivity index (χ3v) is 2.05. The zero-order valence-electron chi connectivity index (χ0n) is 6.76. The van der Waals surface area contributed by atoms with Crippen molar-refractivity contribution in [2.75, 3.05) is 13.2 Å². The molecular formula is C6H15N3O3. The number of aliphatic hydroxyl groups is 2. The van der Waals surface area contributed by atoms with Crippen molar-refractivity contribution in [1.82, 2.24) is 5.12 Å². The van der Waals surface area contributed by atoms with Crippen molar-refractivity contribution in [3.8, 4) is 0 Å². The molecule has 1 saturated heterocycles. The number of ether oxygens (including phenoxy) is 1. The first kappa shape index (κ1) is 9.85. The van der Waals surface area contributed by atoms with Gasteiger partial charge in [0.15, 0.2) is 0 Å². The molecule has 0 amide bonds. The summed E-state index contributed by atoms with van der Waals surface area (Å²) in [6.07, 6.45) is -0.761. The van der Waals surface area contributed by atoms with Gasteiger partial charge in [-0.3, -0.25) is 11.7 Å². The van der Waals surface area contributed by atoms with Crippen LogP contribution in [-0.4, -0.2) is 46.8 Å². The maximum Gasteiger partial charge on any atom is 0.106 e. The fourth-order valence-electron chi connectivity index (χ4n) is 1.23. The average Bonchev–Trinajstić information content (AvgIpc) is 2.04. The van der Waals surface area contributed by atoms with E-state index in [0.717, 1.165) is 5.12 Å². The van der Waals surface area contributed by atoms with Crippen LogP contribution in [-0.2, 0) is 4.74 Å². The summed E-state index contributed by atoms with van der Waals surface area (Å²) in [6.45, 7) is 0.165. The summed E-state index contributed by atoms with van der Waals surface area (Å²) < 4.78 is 5.11. The molecule has 72 valence electrons. The molecule has 6 heteroatoms. The summed E-state index contributed by atoms with van der Waals surface area (Å²) >= 11 is 0. The summed E-state index contributed by atoms with van der Waals surface area (Å²) in [5.74, 6) is 10.5. The SMILES string of the molecule is NN(N)[C@H]1CO[C@H](CO)[C@@H](O)C1. The van der Waals surface area contributed by atoms with Gasteiger partial charge in [0.1, 0.15) is 6.10 Å². The molecule has 0 radical (unpaired) electrons. The number of rotatable bonds is 2. The van der Waals surface area contributed by atoms with Gasteiger partial charge in [-0.05, 0) is 6.42 Å². The molecule has 12 heavy (non-hydrogen) atoms. The van der Waals surface area contributed by atoms with Gasteiger partial charge in [-0.15, -0.1) is 0 Å². The fourth-order valence-corrected chi connectivity index (χ4v) is 1.23. The highest BCUT2D eigenvalue weighted by Crippen LogP contribution is 2.15. The van der Waals surface area contributed by atoms with Crippen molar-refractivity contribution >= 4 is 0 Å². The first-order valence-electron chi connectivity index (χ1n) is 3.84. The molecule has 0 saturated carbocycles. The average molecular weight is 177 g/mol. The molecule has 0 bridgehead atoms. The summed E-state index contributed by atoms with van der Waals surface area (Å²) in [6, 6.07) is -0.178. The van der Waals surface area contributed by atoms with E-state index >= 15 is 0 Å². The maximum absolute atomic E-state index is 9.37. The van der Waals surface area contributed by atoms with Crippen LogP contribution < -0.4 is 11.7 Å². The maximum atomic E-state index is 9.37. The van der Waals surface area contributed by atoms with E-state index in [2.05, 4.69) is 0 Å². The smallest absolute Gasteiger partial charge is 0.106 e. The van der Waals surface area contributed by atoms with Gasteiger partial charge >= 0.3 is 0 Å². The van der Waals surface area contributed by atoms with Crippen LogP contribution in [0.1, 0.15) is 6.42 Å². The minimum absolute atomic E-state index is 0.178. The van der Waals surface area contributed by atoms with E-state index < -0.39 is 12.2 Å². The Labute approximate surface area is 70.6 Å². The second-order valence-corrected chi connectivity index (χ2v) is 2.96. The van der Waals surface area contributed by atoms with Gasteiger partial charge in [-0.25, -0.2) is 0 Å². The van der Waals surface area contributed by atoms with E-state index in [1.54, 1.807) is 0 Å². The topological polar surface area (TPSA) is 105 Å². The van der Waals surface area contributed by atoms with Crippen molar-refractivity contribution in [3.05, 3.63) is 0 Å². The zero-order chi connectivity index (χ0) is 9.14. The molecular weight excluding hydrogens is 162 g/mol. The van der Waals surface area contributed by atoms with Gasteiger partial charge in [-0.1, -0.05) is 0 Å². The predicted molar refractivity (Wildman–Crippen MR) is 41.5 cm³/mol. The second-order valence-electron chi connectivity index (χ2n) is 2.96. The normalized spacial score (nSPS) is 37.2. The van der Waals surface area contributed by atoms with Crippen molar-refractivity contribution in [2.24, 2.45) is 11.7 Å². The molecule has 0 spiro atoms. The zero-order valence-corrected chi connectivity index (χ0v) is 6.76. The Morgan fingerprint density at radius 2 is 2.17 bits per heavy atom. The molecule has 0 aliphatic carbocycles. The summed E-state index contributed by atoms with van der Waals surface area (Å²) in [5, 5.41) is 19.1. The first-order valence-corrected chi connectivity index (χ1v) is 3.84. The first-order chi connectivity index (χ1) is 5.65. The van der Waals surface area contributed by atoms with Crippen molar-refractivity contribution in [1.29, 1.82) is 0 Å². The van der Waals surface area contributed by atoms with Crippen LogP contribution in [0.5, 0.6) is 0 Å². The van der Waals surface area contributed by atoms with Crippen molar-refractivity contribution < 1.29 is 14.9 Å². The van der Waals surface area contributed by atoms with E-state index in [1.807, 2.05) is 0 Å². The van der Waals surface area contributed by atoms with Crippen LogP contribution >= 0.6 is 0 Å². The monoisotopic (exact) mass is 177 g/mol. The summed E-state index contributed by atoms with van der Waals surface area (Å²) in [4.78, 5) is 0. The molecule has 1 heterocycles. The van der Waals surface area contributed by atoms with Gasteiger partial charge in [0.2, 0.25) is 0 Å². The predicted octanol–water partition coefficient (Wildman–Crippen LogP) is -2.45. The van der Waals surface area contributed by atoms with Gasteiger partial charge in [0.25, 0.3) is 0 Å². The highest BCUT2D eigenvalue weighted by molar-refractivity contribution is 4.80. The fraction of sp³-hybridized carbons (Fsp3) is 1.00. The summed E-state index contributed by atoms with van der Waals surface area (Å²) in [7, 11) is 0. The van der Waals surface area contributed by atoms with Gasteiger partial charge < -0.3 is 14.9 Å². The number of nitrogens with zero attached hydrogens (tertiary/aromatic N) is 1. The quantitative estimate of drug-likeness (QED) is 0.275. The minimum Gasteiger partial charge on any atom is -0.394 e. The molecule has 1 aliphatic heterocycles. The van der Waals surface area contributed by atoms with Crippen molar-refractivity contribution in [2.45, 2.75) is 24.7 Å². The van der Waals surface area contributed by atoms with E-state index in [4.69, 9.17) is 21.5 Å². The Morgan fingerprint density at radius 1 is 1.50 bits per heavy atom. The van der Waals surface area contributed by atoms with Crippen molar-refractivity contribution in [3.63, 3.8) is 0 Å². The summed E-state index contributed by atoms with van der Waals surface area (Å²) in [5.41, 5.74) is 0. The number of hydrogen-bond donors (Lipinski definition) is 4. The van der Waals surface area contributed by atoms with Crippen LogP contribution in [0.4, 0.5) is 0 Å². The van der Waals surface area contributed by atoms with Gasteiger partial charge in [0.05, 0.1) is 25.4 Å². The van der Waals surface area contributed by atoms with Crippen LogP contribution in [0, 0.1) is 0 Å². The molecule has 1 fully saturated rings. The molecule has 6 N–H and O–H groups in total.